The van der Waals surface area contributed by atoms with Gasteiger partial charge in [-0.3, -0.25) is 9.55 Å². The summed E-state index contributed by atoms with van der Waals surface area (Å²) in [6.07, 6.45) is 15.5. The van der Waals surface area contributed by atoms with E-state index in [0.717, 1.165) is 39.0 Å². The second kappa shape index (κ2) is 9.63. The van der Waals surface area contributed by atoms with Crippen LogP contribution in [-0.4, -0.2) is 27.2 Å². The Kier molecular flexibility index (Phi) is 5.43. The van der Waals surface area contributed by atoms with Gasteiger partial charge in [0.15, 0.2) is 0 Å². The number of aromatic nitrogens is 2. The Morgan fingerprint density at radius 2 is 1.51 bits per heavy atom. The molecule has 0 spiro atoms. The Balaban J connectivity index is 1.36. The quantitative estimate of drug-likeness (QED) is 0.202. The lowest BCUT2D eigenvalue weighted by atomic mass is 9.61. The van der Waals surface area contributed by atoms with E-state index in [9.17, 15) is 0 Å². The molecule has 4 aliphatic rings. The van der Waals surface area contributed by atoms with E-state index in [1.165, 1.54) is 38.9 Å². The monoisotopic (exact) mass is 604 g/mol. The number of aliphatic imine (C=N–C) groups is 1. The second-order valence-electron chi connectivity index (χ2n) is 13.2. The number of rotatable bonds is 3. The molecule has 0 saturated carbocycles. The molecule has 1 aliphatic heterocycles. The maximum atomic E-state index is 5.59. The van der Waals surface area contributed by atoms with Crippen molar-refractivity contribution in [2.45, 2.75) is 18.6 Å². The van der Waals surface area contributed by atoms with Crippen LogP contribution in [0.1, 0.15) is 41.2 Å². The number of fused-ring (bicyclic) bond motifs is 5. The van der Waals surface area contributed by atoms with Crippen molar-refractivity contribution in [3.8, 4) is 11.1 Å². The van der Waals surface area contributed by atoms with Gasteiger partial charge in [-0.1, -0.05) is 122 Å². The third-order valence-electron chi connectivity index (χ3n) is 10.8. The molecule has 47 heavy (non-hydrogen) atoms. The topological polar surface area (TPSA) is 33.4 Å². The third-order valence-corrected chi connectivity index (χ3v) is 10.8. The van der Waals surface area contributed by atoms with Crippen molar-refractivity contribution in [1.82, 2.24) is 14.5 Å². The summed E-state index contributed by atoms with van der Waals surface area (Å²) < 4.78 is 2.49. The summed E-state index contributed by atoms with van der Waals surface area (Å²) in [6.45, 7) is 2.45. The van der Waals surface area contributed by atoms with Crippen LogP contribution in [0.5, 0.6) is 0 Å². The van der Waals surface area contributed by atoms with Crippen molar-refractivity contribution >= 4 is 44.9 Å². The maximum absolute atomic E-state index is 5.59. The highest BCUT2D eigenvalue weighted by atomic mass is 15.4. The molecular formula is C43H32N4. The van der Waals surface area contributed by atoms with Crippen molar-refractivity contribution in [3.63, 3.8) is 0 Å². The number of hydrogen-bond acceptors (Lipinski definition) is 3. The number of hydrogen-bond donors (Lipinski definition) is 0. The van der Waals surface area contributed by atoms with E-state index >= 15 is 0 Å². The summed E-state index contributed by atoms with van der Waals surface area (Å²) in [5.74, 6) is 0.236. The predicted octanol–water partition coefficient (Wildman–Crippen LogP) is 9.66. The fraction of sp³-hybridized carbons (Fsp3) is 0.116. The molecule has 4 heteroatoms. The minimum atomic E-state index is -0.344. The van der Waals surface area contributed by atoms with Gasteiger partial charge >= 0.3 is 0 Å². The highest BCUT2D eigenvalue weighted by Gasteiger charge is 2.48. The van der Waals surface area contributed by atoms with Crippen molar-refractivity contribution in [2.24, 2.45) is 10.9 Å². The number of pyridine rings is 1. The molecule has 0 radical (unpaired) electrons. The normalized spacial score (nSPS) is 22.1. The second-order valence-corrected chi connectivity index (χ2v) is 13.2. The third kappa shape index (κ3) is 3.53. The molecule has 0 fully saturated rings. The van der Waals surface area contributed by atoms with E-state index in [1.54, 1.807) is 0 Å². The number of nitrogens with zero attached hydrogens (tertiary/aromatic N) is 4. The van der Waals surface area contributed by atoms with E-state index in [0.29, 0.717) is 0 Å². The molecule has 3 aliphatic carbocycles. The van der Waals surface area contributed by atoms with Crippen LogP contribution in [-0.2, 0) is 5.41 Å². The molecule has 0 saturated heterocycles. The van der Waals surface area contributed by atoms with Gasteiger partial charge in [0.2, 0.25) is 6.29 Å². The van der Waals surface area contributed by atoms with Gasteiger partial charge in [-0.25, -0.2) is 4.99 Å². The molecule has 3 unspecified atom stereocenters. The molecule has 4 aromatic carbocycles. The number of allylic oxidation sites excluding steroid dienone is 6. The first-order valence-electron chi connectivity index (χ1n) is 16.4. The summed E-state index contributed by atoms with van der Waals surface area (Å²) in [6, 6.07) is 36.8. The van der Waals surface area contributed by atoms with Crippen LogP contribution >= 0.6 is 0 Å². The minimum absolute atomic E-state index is 0.236. The molecule has 6 aromatic rings. The molecule has 0 bridgehead atoms. The van der Waals surface area contributed by atoms with Crippen LogP contribution in [0.25, 0.3) is 50.3 Å². The van der Waals surface area contributed by atoms with Crippen molar-refractivity contribution in [3.05, 3.63) is 168 Å². The van der Waals surface area contributed by atoms with Gasteiger partial charge in [0.05, 0.1) is 16.7 Å². The SMILES string of the molecule is CN1C(c2ccccc2)=CC(c2ccccc2)=NC1n1c2c3c4c(cc5cccnc5c41)-c1ccccc1C1=CC=CC(C=C2)C13C. The van der Waals surface area contributed by atoms with Crippen LogP contribution in [0.15, 0.2) is 145 Å². The fourth-order valence-electron chi connectivity index (χ4n) is 8.59. The van der Waals surface area contributed by atoms with E-state index in [4.69, 9.17) is 9.98 Å². The molecule has 10 rings (SSSR count). The van der Waals surface area contributed by atoms with E-state index in [-0.39, 0.29) is 17.6 Å². The number of benzene rings is 4. The average Bonchev–Trinajstić information content (AvgIpc) is 3.44. The summed E-state index contributed by atoms with van der Waals surface area (Å²) in [7, 11) is 2.18. The standard InChI is InChI=1S/C43H32N4/c1-43-30-18-11-21-34(43)32-20-10-9-19-31(32)33-25-29-17-12-24-44-40(29)41-38(33)39(43)36(23-22-30)47(41)42-45-35(27-13-5-3-6-14-27)26-37(46(42)2)28-15-7-4-8-16-28/h3-26,30,42H,1-2H3. The van der Waals surface area contributed by atoms with Crippen molar-refractivity contribution < 1.29 is 0 Å². The lowest BCUT2D eigenvalue weighted by Crippen LogP contribution is -2.36. The molecule has 2 aromatic heterocycles. The van der Waals surface area contributed by atoms with Gasteiger partial charge in [0.25, 0.3) is 0 Å². The summed E-state index contributed by atoms with van der Waals surface area (Å²) in [4.78, 5) is 13.0. The van der Waals surface area contributed by atoms with Crippen LogP contribution in [0.3, 0.4) is 0 Å². The summed E-state index contributed by atoms with van der Waals surface area (Å²) in [5.41, 5.74) is 14.1. The lowest BCUT2D eigenvalue weighted by Gasteiger charge is -2.42. The maximum Gasteiger partial charge on any atom is 0.203 e. The van der Waals surface area contributed by atoms with Gasteiger partial charge < -0.3 is 4.90 Å². The molecule has 3 heterocycles. The summed E-state index contributed by atoms with van der Waals surface area (Å²) in [5, 5.41) is 2.42. The Morgan fingerprint density at radius 1 is 0.766 bits per heavy atom. The zero-order valence-corrected chi connectivity index (χ0v) is 26.3. The minimum Gasteiger partial charge on any atom is -0.335 e. The molecule has 4 nitrogen and oxygen atoms in total. The fourth-order valence-corrected chi connectivity index (χ4v) is 8.59. The molecule has 0 N–H and O–H groups in total. The first-order valence-corrected chi connectivity index (χ1v) is 16.4. The zero-order chi connectivity index (χ0) is 31.3. The lowest BCUT2D eigenvalue weighted by molar-refractivity contribution is 0.274. The molecule has 3 atom stereocenters. The summed E-state index contributed by atoms with van der Waals surface area (Å²) >= 11 is 0. The van der Waals surface area contributed by atoms with Gasteiger partial charge in [0, 0.05) is 46.7 Å². The van der Waals surface area contributed by atoms with E-state index < -0.39 is 0 Å². The first kappa shape index (κ1) is 26.5. The average molecular weight is 605 g/mol. The van der Waals surface area contributed by atoms with Crippen LogP contribution < -0.4 is 0 Å². The Hall–Kier alpha value is -5.74. The Labute approximate surface area is 274 Å². The van der Waals surface area contributed by atoms with Gasteiger partial charge in [-0.05, 0) is 63.2 Å². The predicted molar refractivity (Wildman–Crippen MR) is 194 cm³/mol. The zero-order valence-electron chi connectivity index (χ0n) is 26.3. The Bertz CT molecular complexity index is 2440. The molecular weight excluding hydrogens is 573 g/mol. The van der Waals surface area contributed by atoms with E-state index in [1.807, 2.05) is 6.20 Å². The highest BCUT2D eigenvalue weighted by Crippen LogP contribution is 2.60. The van der Waals surface area contributed by atoms with Crippen LogP contribution in [0.4, 0.5) is 0 Å². The van der Waals surface area contributed by atoms with E-state index in [2.05, 4.69) is 163 Å². The smallest absolute Gasteiger partial charge is 0.203 e. The van der Waals surface area contributed by atoms with Gasteiger partial charge in [-0.2, -0.15) is 0 Å². The van der Waals surface area contributed by atoms with Crippen LogP contribution in [0.2, 0.25) is 0 Å². The Morgan fingerprint density at radius 3 is 2.32 bits per heavy atom. The highest BCUT2D eigenvalue weighted by molar-refractivity contribution is 6.18. The van der Waals surface area contributed by atoms with Crippen molar-refractivity contribution in [1.29, 1.82) is 0 Å². The molecule has 224 valence electrons. The largest absolute Gasteiger partial charge is 0.335 e. The van der Waals surface area contributed by atoms with Crippen LogP contribution in [0, 0.1) is 5.92 Å². The van der Waals surface area contributed by atoms with Gasteiger partial charge in [-0.15, -0.1) is 0 Å². The van der Waals surface area contributed by atoms with Crippen molar-refractivity contribution in [2.75, 3.05) is 7.05 Å². The first-order chi connectivity index (χ1) is 23.1. The molecule has 0 amide bonds. The van der Waals surface area contributed by atoms with Gasteiger partial charge in [0.1, 0.15) is 0 Å².